The van der Waals surface area contributed by atoms with E-state index in [1.165, 1.54) is 18.9 Å². The fraction of sp³-hybridized carbons (Fsp3) is 0.394. The van der Waals surface area contributed by atoms with Gasteiger partial charge in [0.1, 0.15) is 16.8 Å². The van der Waals surface area contributed by atoms with Crippen LogP contribution in [0.25, 0.3) is 27.4 Å². The first-order chi connectivity index (χ1) is 20.5. The number of fused-ring (bicyclic) bond motifs is 4. The normalized spacial score (nSPS) is 18.4. The molecular formula is C33H36FN5O3. The van der Waals surface area contributed by atoms with Crippen LogP contribution in [0.3, 0.4) is 0 Å². The summed E-state index contributed by atoms with van der Waals surface area (Å²) in [7, 11) is 2.10. The Hall–Kier alpha value is -3.95. The number of anilines is 1. The number of hydrogen-bond donors (Lipinski definition) is 2. The Labute approximate surface area is 244 Å². The van der Waals surface area contributed by atoms with Gasteiger partial charge in [-0.3, -0.25) is 9.59 Å². The molecule has 2 saturated heterocycles. The molecule has 9 heteroatoms. The average molecular weight is 570 g/mol. The lowest BCUT2D eigenvalue weighted by molar-refractivity contribution is 0.0949. The van der Waals surface area contributed by atoms with Crippen LogP contribution in [0.2, 0.25) is 0 Å². The van der Waals surface area contributed by atoms with Gasteiger partial charge in [-0.25, -0.2) is 4.39 Å². The zero-order valence-electron chi connectivity index (χ0n) is 23.9. The van der Waals surface area contributed by atoms with E-state index in [4.69, 9.17) is 4.74 Å². The summed E-state index contributed by atoms with van der Waals surface area (Å²) in [4.78, 5) is 31.8. The maximum absolute atomic E-state index is 15.8. The van der Waals surface area contributed by atoms with Crippen molar-refractivity contribution in [3.8, 4) is 17.2 Å². The third-order valence-electron chi connectivity index (χ3n) is 9.13. The van der Waals surface area contributed by atoms with Crippen LogP contribution in [0, 0.1) is 5.82 Å². The maximum atomic E-state index is 15.8. The fourth-order valence-electron chi connectivity index (χ4n) is 6.81. The second-order valence-electron chi connectivity index (χ2n) is 11.7. The molecule has 7 rings (SSSR count). The summed E-state index contributed by atoms with van der Waals surface area (Å²) in [6, 6.07) is 13.4. The highest BCUT2D eigenvalue weighted by molar-refractivity contribution is 6.03. The van der Waals surface area contributed by atoms with Crippen LogP contribution in [0.5, 0.6) is 11.5 Å². The Balaban J connectivity index is 1.30. The summed E-state index contributed by atoms with van der Waals surface area (Å²) >= 11 is 0. The standard InChI is InChI=1S/C33H36FN5O3/c1-37-15-6-8-22(37)12-13-36-33(41)25-20-39-27-11-10-21-7-2-3-9-23(21)31(27)42-32-28(35-14-18-38-16-4-5-17-38)26(34)19-24(29(32)39)30(25)40/h2-3,7,9-11,19-20,22,35H,4-6,8,12-18H2,1H3,(H,36,41). The van der Waals surface area contributed by atoms with E-state index in [0.29, 0.717) is 36.1 Å². The molecular weight excluding hydrogens is 533 g/mol. The van der Waals surface area contributed by atoms with Gasteiger partial charge in [-0.1, -0.05) is 30.3 Å². The molecule has 4 heterocycles. The second kappa shape index (κ2) is 11.0. The summed E-state index contributed by atoms with van der Waals surface area (Å²) in [5.41, 5.74) is 0.863. The largest absolute Gasteiger partial charge is 0.450 e. The highest BCUT2D eigenvalue weighted by Gasteiger charge is 2.30. The van der Waals surface area contributed by atoms with E-state index in [1.807, 2.05) is 41.0 Å². The number of aromatic nitrogens is 1. The molecule has 1 aromatic heterocycles. The van der Waals surface area contributed by atoms with Crippen molar-refractivity contribution in [3.05, 3.63) is 70.3 Å². The van der Waals surface area contributed by atoms with Gasteiger partial charge in [0.25, 0.3) is 5.91 Å². The molecule has 0 spiro atoms. The second-order valence-corrected chi connectivity index (χ2v) is 11.7. The Morgan fingerprint density at radius 1 is 1.02 bits per heavy atom. The molecule has 0 aliphatic carbocycles. The molecule has 0 saturated carbocycles. The molecule has 1 amide bonds. The van der Waals surface area contributed by atoms with Gasteiger partial charge >= 0.3 is 0 Å². The van der Waals surface area contributed by atoms with Gasteiger partial charge in [0.2, 0.25) is 5.43 Å². The van der Waals surface area contributed by atoms with Gasteiger partial charge in [0, 0.05) is 37.3 Å². The van der Waals surface area contributed by atoms with Crippen LogP contribution in [0.4, 0.5) is 10.1 Å². The minimum absolute atomic E-state index is 0.0108. The van der Waals surface area contributed by atoms with E-state index < -0.39 is 17.2 Å². The van der Waals surface area contributed by atoms with E-state index in [1.54, 1.807) is 6.20 Å². The van der Waals surface area contributed by atoms with Crippen molar-refractivity contribution in [2.24, 2.45) is 0 Å². The summed E-state index contributed by atoms with van der Waals surface area (Å²) in [6.07, 6.45) is 7.04. The van der Waals surface area contributed by atoms with Crippen molar-refractivity contribution in [1.82, 2.24) is 19.7 Å². The molecule has 1 atom stereocenters. The van der Waals surface area contributed by atoms with Gasteiger partial charge < -0.3 is 29.7 Å². The topological polar surface area (TPSA) is 78.8 Å². The third-order valence-corrected chi connectivity index (χ3v) is 9.13. The number of rotatable bonds is 8. The van der Waals surface area contributed by atoms with Crippen molar-refractivity contribution in [1.29, 1.82) is 0 Å². The van der Waals surface area contributed by atoms with Crippen LogP contribution in [-0.2, 0) is 0 Å². The number of benzene rings is 3. The lowest BCUT2D eigenvalue weighted by Gasteiger charge is -2.27. The maximum Gasteiger partial charge on any atom is 0.256 e. The minimum atomic E-state index is -0.576. The SMILES string of the molecule is CN1CCCC1CCNC(=O)c1cn2c3c(c(NCCN4CCCC4)c(F)cc3c1=O)Oc1c-2ccc2ccccc12. The molecule has 0 bridgehead atoms. The predicted octanol–water partition coefficient (Wildman–Crippen LogP) is 5.11. The molecule has 2 fully saturated rings. The van der Waals surface area contributed by atoms with E-state index in [-0.39, 0.29) is 22.4 Å². The summed E-state index contributed by atoms with van der Waals surface area (Å²) in [6.45, 7) is 4.96. The quantitative estimate of drug-likeness (QED) is 0.271. The number of nitrogens with one attached hydrogen (secondary N) is 2. The van der Waals surface area contributed by atoms with E-state index in [2.05, 4.69) is 27.5 Å². The van der Waals surface area contributed by atoms with E-state index >= 15 is 4.39 Å². The van der Waals surface area contributed by atoms with Gasteiger partial charge in [0.15, 0.2) is 17.3 Å². The third kappa shape index (κ3) is 4.70. The van der Waals surface area contributed by atoms with Gasteiger partial charge in [-0.05, 0) is 76.3 Å². The number of hydrogen-bond acceptors (Lipinski definition) is 6. The van der Waals surface area contributed by atoms with Gasteiger partial charge in [0.05, 0.1) is 11.1 Å². The highest BCUT2D eigenvalue weighted by Crippen LogP contribution is 2.47. The van der Waals surface area contributed by atoms with Gasteiger partial charge in [-0.2, -0.15) is 0 Å². The first kappa shape index (κ1) is 26.9. The summed E-state index contributed by atoms with van der Waals surface area (Å²) in [5.74, 6) is -0.194. The number of nitrogens with zero attached hydrogens (tertiary/aromatic N) is 3. The number of carbonyl (C=O) groups excluding carboxylic acids is 1. The van der Waals surface area contributed by atoms with Crippen molar-refractivity contribution >= 4 is 33.3 Å². The van der Waals surface area contributed by atoms with Crippen LogP contribution in [-0.4, -0.2) is 72.6 Å². The van der Waals surface area contributed by atoms with Crippen molar-refractivity contribution < 1.29 is 13.9 Å². The number of pyridine rings is 1. The molecule has 3 aliphatic rings. The number of carbonyl (C=O) groups is 1. The average Bonchev–Trinajstić information content (AvgIpc) is 3.67. The first-order valence-electron chi connectivity index (χ1n) is 15.1. The zero-order chi connectivity index (χ0) is 28.8. The Bertz CT molecular complexity index is 1750. The lowest BCUT2D eigenvalue weighted by atomic mass is 10.0. The van der Waals surface area contributed by atoms with Crippen molar-refractivity contribution in [3.63, 3.8) is 0 Å². The first-order valence-corrected chi connectivity index (χ1v) is 15.1. The molecule has 1 unspecified atom stereocenters. The molecule has 42 heavy (non-hydrogen) atoms. The van der Waals surface area contributed by atoms with E-state index in [0.717, 1.165) is 56.2 Å². The van der Waals surface area contributed by atoms with Crippen LogP contribution in [0.15, 0.2) is 53.5 Å². The Kier molecular flexibility index (Phi) is 7.07. The Morgan fingerprint density at radius 3 is 2.67 bits per heavy atom. The summed E-state index contributed by atoms with van der Waals surface area (Å²) < 4.78 is 24.2. The molecule has 3 aromatic carbocycles. The monoisotopic (exact) mass is 569 g/mol. The molecule has 0 radical (unpaired) electrons. The predicted molar refractivity (Wildman–Crippen MR) is 164 cm³/mol. The zero-order valence-corrected chi connectivity index (χ0v) is 23.9. The molecule has 4 aromatic rings. The highest BCUT2D eigenvalue weighted by atomic mass is 19.1. The number of likely N-dealkylation sites (tertiary alicyclic amines) is 2. The fourth-order valence-corrected chi connectivity index (χ4v) is 6.81. The van der Waals surface area contributed by atoms with Crippen LogP contribution in [0.1, 0.15) is 42.5 Å². The molecule has 218 valence electrons. The Morgan fingerprint density at radius 2 is 1.86 bits per heavy atom. The molecule has 2 N–H and O–H groups in total. The van der Waals surface area contributed by atoms with Crippen LogP contribution >= 0.6 is 0 Å². The summed E-state index contributed by atoms with van der Waals surface area (Å²) in [5, 5.41) is 8.18. The number of amides is 1. The number of halogens is 1. The van der Waals surface area contributed by atoms with Gasteiger partial charge in [-0.15, -0.1) is 0 Å². The van der Waals surface area contributed by atoms with E-state index in [9.17, 15) is 9.59 Å². The van der Waals surface area contributed by atoms with Crippen molar-refractivity contribution in [2.45, 2.75) is 38.1 Å². The lowest BCUT2D eigenvalue weighted by Crippen LogP contribution is -2.34. The molecule has 3 aliphatic heterocycles. The van der Waals surface area contributed by atoms with Crippen molar-refractivity contribution in [2.75, 3.05) is 51.6 Å². The smallest absolute Gasteiger partial charge is 0.256 e. The number of ether oxygens (including phenoxy) is 1. The minimum Gasteiger partial charge on any atom is -0.450 e. The van der Waals surface area contributed by atoms with Crippen LogP contribution < -0.4 is 20.8 Å². The molecule has 8 nitrogen and oxygen atoms in total.